The van der Waals surface area contributed by atoms with Crippen LogP contribution < -0.4 is 4.99 Å². The lowest BCUT2D eigenvalue weighted by Crippen LogP contribution is -2.69. The van der Waals surface area contributed by atoms with Crippen LogP contribution in [-0.2, 0) is 0 Å². The van der Waals surface area contributed by atoms with Gasteiger partial charge in [0, 0.05) is 22.9 Å². The highest BCUT2D eigenvalue weighted by Gasteiger charge is 2.30. The van der Waals surface area contributed by atoms with Crippen LogP contribution in [0.4, 0.5) is 5.69 Å². The van der Waals surface area contributed by atoms with Crippen molar-refractivity contribution in [3.63, 3.8) is 0 Å². The molecule has 1 aromatic heterocycles. The number of fused-ring (bicyclic) bond motifs is 5. The molecule has 1 unspecified atom stereocenters. The van der Waals surface area contributed by atoms with Crippen LogP contribution in [0.2, 0.25) is 0 Å². The van der Waals surface area contributed by atoms with Gasteiger partial charge in [-0.15, -0.1) is 0 Å². The molecule has 94 valence electrons. The molecule has 2 heteroatoms. The summed E-state index contributed by atoms with van der Waals surface area (Å²) in [5.74, 6) is 0. The first-order valence-corrected chi connectivity index (χ1v) is 6.94. The molecule has 0 bridgehead atoms. The third-order valence-corrected chi connectivity index (χ3v) is 4.29. The van der Waals surface area contributed by atoms with Crippen molar-refractivity contribution in [2.75, 3.05) is 0 Å². The lowest BCUT2D eigenvalue weighted by Gasteiger charge is -2.20. The van der Waals surface area contributed by atoms with Gasteiger partial charge >= 0.3 is 0 Å². The molecule has 1 N–H and O–H groups in total. The van der Waals surface area contributed by atoms with Crippen LogP contribution in [0.25, 0.3) is 21.8 Å². The van der Waals surface area contributed by atoms with Gasteiger partial charge < -0.3 is 4.57 Å². The van der Waals surface area contributed by atoms with Gasteiger partial charge in [0.1, 0.15) is 11.6 Å². The summed E-state index contributed by atoms with van der Waals surface area (Å²) in [7, 11) is 0. The third-order valence-electron chi connectivity index (χ3n) is 4.29. The van der Waals surface area contributed by atoms with Crippen molar-refractivity contribution in [1.29, 1.82) is 0 Å². The van der Waals surface area contributed by atoms with Gasteiger partial charge in [-0.25, -0.2) is 4.99 Å². The van der Waals surface area contributed by atoms with Crippen LogP contribution >= 0.6 is 0 Å². The predicted molar refractivity (Wildman–Crippen MR) is 82.4 cm³/mol. The van der Waals surface area contributed by atoms with E-state index in [1.54, 1.807) is 0 Å². The van der Waals surface area contributed by atoms with Crippen LogP contribution in [-0.4, -0.2) is 10.3 Å². The van der Waals surface area contributed by atoms with Crippen LogP contribution in [0.15, 0.2) is 66.8 Å². The van der Waals surface area contributed by atoms with Gasteiger partial charge in [0.25, 0.3) is 0 Å². The second kappa shape index (κ2) is 3.48. The van der Waals surface area contributed by atoms with E-state index in [2.05, 4.69) is 76.3 Å². The van der Waals surface area contributed by atoms with E-state index in [-0.39, 0.29) is 6.04 Å². The lowest BCUT2D eigenvalue weighted by molar-refractivity contribution is -0.355. The number of hydrogen-bond acceptors (Lipinski definition) is 0. The summed E-state index contributed by atoms with van der Waals surface area (Å²) in [6, 6.07) is 15.4. The Morgan fingerprint density at radius 2 is 1.80 bits per heavy atom. The third kappa shape index (κ3) is 1.12. The fourth-order valence-corrected chi connectivity index (χ4v) is 3.47. The van der Waals surface area contributed by atoms with Gasteiger partial charge in [0.05, 0.1) is 5.52 Å². The predicted octanol–water partition coefficient (Wildman–Crippen LogP) is 2.63. The van der Waals surface area contributed by atoms with E-state index in [0.29, 0.717) is 0 Å². The van der Waals surface area contributed by atoms with Gasteiger partial charge in [0.2, 0.25) is 11.4 Å². The highest BCUT2D eigenvalue weighted by atomic mass is 15.1. The number of benzene rings is 2. The highest BCUT2D eigenvalue weighted by Crippen LogP contribution is 2.36. The first-order chi connectivity index (χ1) is 9.93. The molecule has 2 aliphatic rings. The normalized spacial score (nSPS) is 19.4. The second-order valence-electron chi connectivity index (χ2n) is 5.36. The summed E-state index contributed by atoms with van der Waals surface area (Å²) >= 11 is 0. The molecule has 20 heavy (non-hydrogen) atoms. The summed E-state index contributed by atoms with van der Waals surface area (Å²) < 4.78 is 2.45. The monoisotopic (exact) mass is 257 g/mol. The highest BCUT2D eigenvalue weighted by molar-refractivity contribution is 6.14. The number of aromatic nitrogens is 1. The van der Waals surface area contributed by atoms with E-state index in [4.69, 9.17) is 0 Å². The number of hydrogen-bond donors (Lipinski definition) is 1. The first-order valence-electron chi connectivity index (χ1n) is 6.94. The van der Waals surface area contributed by atoms with E-state index in [1.165, 1.54) is 33.2 Å². The zero-order valence-electron chi connectivity index (χ0n) is 10.9. The van der Waals surface area contributed by atoms with E-state index in [9.17, 15) is 0 Å². The molecule has 3 aromatic rings. The number of nitrogens with one attached hydrogen (secondary N) is 1. The Morgan fingerprint density at radius 3 is 2.80 bits per heavy atom. The van der Waals surface area contributed by atoms with Gasteiger partial charge in [-0.3, -0.25) is 0 Å². The van der Waals surface area contributed by atoms with Crippen molar-refractivity contribution >= 4 is 33.2 Å². The molecule has 0 spiro atoms. The zero-order valence-corrected chi connectivity index (χ0v) is 10.9. The fourth-order valence-electron chi connectivity index (χ4n) is 3.47. The minimum absolute atomic E-state index is 0.275. The molecule has 1 aliphatic heterocycles. The summed E-state index contributed by atoms with van der Waals surface area (Å²) in [4.78, 5) is 3.58. The van der Waals surface area contributed by atoms with Crippen molar-refractivity contribution in [3.8, 4) is 0 Å². The van der Waals surface area contributed by atoms with E-state index in [0.717, 1.165) is 0 Å². The van der Waals surface area contributed by atoms with Crippen LogP contribution in [0, 0.1) is 0 Å². The number of para-hydroxylation sites is 2. The molecule has 0 amide bonds. The average Bonchev–Trinajstić information content (AvgIpc) is 2.85. The number of nitrogens with zero attached hydrogens (tertiary/aromatic N) is 1. The molecule has 0 saturated heterocycles. The number of allylic oxidation sites excluding steroid dienone is 4. The molecule has 0 saturated carbocycles. The molecule has 5 rings (SSSR count). The van der Waals surface area contributed by atoms with Gasteiger partial charge in [-0.2, -0.15) is 0 Å². The smallest absolute Gasteiger partial charge is 0.228 e. The molecular weight excluding hydrogens is 244 g/mol. The van der Waals surface area contributed by atoms with E-state index < -0.39 is 0 Å². The minimum atomic E-state index is 0.275. The van der Waals surface area contributed by atoms with E-state index >= 15 is 0 Å². The molecule has 0 fully saturated rings. The Labute approximate surface area is 116 Å². The van der Waals surface area contributed by atoms with Crippen molar-refractivity contribution in [2.45, 2.75) is 6.04 Å². The molecular formula is C18H13N2+. The van der Waals surface area contributed by atoms with Crippen LogP contribution in [0.5, 0.6) is 0 Å². The van der Waals surface area contributed by atoms with Gasteiger partial charge in [-0.05, 0) is 6.07 Å². The topological polar surface area (TPSA) is 18.9 Å². The molecule has 1 atom stereocenters. The average molecular weight is 257 g/mol. The molecule has 1 aliphatic carbocycles. The van der Waals surface area contributed by atoms with Crippen LogP contribution in [0.1, 0.15) is 6.04 Å². The maximum atomic E-state index is 3.58. The van der Waals surface area contributed by atoms with Crippen molar-refractivity contribution in [3.05, 3.63) is 66.8 Å². The molecule has 2 heterocycles. The quantitative estimate of drug-likeness (QED) is 0.638. The Bertz CT molecular complexity index is 954. The van der Waals surface area contributed by atoms with Gasteiger partial charge in [-0.1, -0.05) is 48.6 Å². The van der Waals surface area contributed by atoms with E-state index in [1.807, 2.05) is 0 Å². The summed E-state index contributed by atoms with van der Waals surface area (Å²) in [6.45, 7) is 0. The largest absolute Gasteiger partial charge is 0.318 e. The molecule has 2 nitrogen and oxygen atoms in total. The van der Waals surface area contributed by atoms with Gasteiger partial charge in [0.15, 0.2) is 0 Å². The lowest BCUT2D eigenvalue weighted by atomic mass is 10.0. The molecule has 0 radical (unpaired) electrons. The maximum absolute atomic E-state index is 3.58. The summed E-state index contributed by atoms with van der Waals surface area (Å²) in [5.41, 5.74) is 5.06. The van der Waals surface area contributed by atoms with Crippen molar-refractivity contribution < 1.29 is 4.99 Å². The Balaban J connectivity index is 2.05. The minimum Gasteiger partial charge on any atom is -0.318 e. The standard InChI is InChI=1S/C18H12N2/c1-3-10-16-12(6-1)13-7-5-9-15-18(13)20(16)17-11-4-2-8-14(17)19-15/h1-11,17H/p+1. The summed E-state index contributed by atoms with van der Waals surface area (Å²) in [5, 5.41) is 2.66. The number of rotatable bonds is 0. The summed E-state index contributed by atoms with van der Waals surface area (Å²) in [6.07, 6.45) is 8.64. The van der Waals surface area contributed by atoms with Crippen LogP contribution in [0.3, 0.4) is 0 Å². The zero-order chi connectivity index (χ0) is 13.1. The SMILES string of the molecule is C1=CC2=[NH+]c3cccc4c5ccccc5n(c34)C2C=C1. The first kappa shape index (κ1) is 10.2. The Kier molecular flexibility index (Phi) is 1.78. The van der Waals surface area contributed by atoms with Crippen molar-refractivity contribution in [1.82, 2.24) is 4.57 Å². The maximum Gasteiger partial charge on any atom is 0.228 e. The Morgan fingerprint density at radius 1 is 0.900 bits per heavy atom. The molecule has 2 aromatic carbocycles. The second-order valence-corrected chi connectivity index (χ2v) is 5.36. The Hall–Kier alpha value is -2.61. The fraction of sp³-hybridized carbons (Fsp3) is 0.0556. The van der Waals surface area contributed by atoms with Crippen molar-refractivity contribution in [2.24, 2.45) is 0 Å².